The Kier molecular flexibility index (Phi) is 6.58. The number of fused-ring (bicyclic) bond motifs is 5. The summed E-state index contributed by atoms with van der Waals surface area (Å²) in [5.74, 6) is 3.10. The summed E-state index contributed by atoms with van der Waals surface area (Å²) in [6.45, 7) is 3.89. The molecule has 2 saturated carbocycles. The highest BCUT2D eigenvalue weighted by Gasteiger charge is 2.55. The van der Waals surface area contributed by atoms with Gasteiger partial charge in [0.1, 0.15) is 18.6 Å². The van der Waals surface area contributed by atoms with E-state index >= 15 is 0 Å². The molecule has 0 aromatic heterocycles. The highest BCUT2D eigenvalue weighted by Crippen LogP contribution is 2.61. The molecule has 3 aliphatic rings. The zero-order chi connectivity index (χ0) is 22.8. The highest BCUT2D eigenvalue weighted by molar-refractivity contribution is 5.74. The Morgan fingerprint density at radius 2 is 1.94 bits per heavy atom. The van der Waals surface area contributed by atoms with Crippen molar-refractivity contribution in [3.63, 3.8) is 0 Å². The van der Waals surface area contributed by atoms with Gasteiger partial charge in [0.25, 0.3) is 0 Å². The molecule has 3 aliphatic carbocycles. The summed E-state index contributed by atoms with van der Waals surface area (Å²) in [6.07, 6.45) is 9.28. The molecule has 0 amide bonds. The molecule has 0 heterocycles. The molecule has 2 aromatic rings. The Hall–Kier alpha value is -2.17. The van der Waals surface area contributed by atoms with Crippen molar-refractivity contribution >= 4 is 6.29 Å². The van der Waals surface area contributed by atoms with Gasteiger partial charge >= 0.3 is 0 Å². The zero-order valence-electron chi connectivity index (χ0n) is 19.7. The number of hydrogen-bond acceptors (Lipinski definition) is 4. The topological polar surface area (TPSA) is 55.8 Å². The molecule has 0 saturated heterocycles. The molecule has 5 unspecified atom stereocenters. The number of carbonyl (C=O) groups excluding carboxylic acids is 1. The molecule has 0 bridgehead atoms. The number of aliphatic hydroxyl groups excluding tert-OH is 1. The van der Waals surface area contributed by atoms with Gasteiger partial charge in [-0.1, -0.05) is 37.3 Å². The van der Waals surface area contributed by atoms with Crippen molar-refractivity contribution in [1.29, 1.82) is 0 Å². The van der Waals surface area contributed by atoms with E-state index in [9.17, 15) is 4.79 Å². The maximum absolute atomic E-state index is 10.8. The molecule has 4 heteroatoms. The lowest BCUT2D eigenvalue weighted by Crippen LogP contribution is -2.44. The van der Waals surface area contributed by atoms with E-state index in [1.807, 2.05) is 24.3 Å². The second kappa shape index (κ2) is 9.60. The van der Waals surface area contributed by atoms with Gasteiger partial charge in [-0.05, 0) is 96.9 Å². The van der Waals surface area contributed by atoms with Gasteiger partial charge in [-0.25, -0.2) is 0 Å². The van der Waals surface area contributed by atoms with E-state index in [0.29, 0.717) is 30.8 Å². The predicted octanol–water partition coefficient (Wildman–Crippen LogP) is 5.70. The Morgan fingerprint density at radius 3 is 2.73 bits per heavy atom. The Morgan fingerprint density at radius 1 is 1.09 bits per heavy atom. The van der Waals surface area contributed by atoms with Crippen molar-refractivity contribution in [3.05, 3.63) is 64.7 Å². The van der Waals surface area contributed by atoms with E-state index in [4.69, 9.17) is 14.6 Å². The van der Waals surface area contributed by atoms with Crippen LogP contribution in [-0.4, -0.2) is 30.7 Å². The van der Waals surface area contributed by atoms with Gasteiger partial charge in [-0.3, -0.25) is 4.79 Å². The Bertz CT molecular complexity index is 968. The largest absolute Gasteiger partial charge is 0.489 e. The van der Waals surface area contributed by atoms with Gasteiger partial charge in [-0.15, -0.1) is 0 Å². The fourth-order valence-electron chi connectivity index (χ4n) is 7.02. The lowest BCUT2D eigenvalue weighted by Gasteiger charge is -2.50. The molecule has 1 N–H and O–H groups in total. The number of benzene rings is 2. The molecule has 0 spiro atoms. The van der Waals surface area contributed by atoms with Gasteiger partial charge < -0.3 is 14.6 Å². The fraction of sp³-hybridized carbons (Fsp3) is 0.552. The first-order chi connectivity index (χ1) is 16.1. The number of aldehydes is 1. The third kappa shape index (κ3) is 4.36. The van der Waals surface area contributed by atoms with Crippen LogP contribution in [0.25, 0.3) is 0 Å². The van der Waals surface area contributed by atoms with Crippen molar-refractivity contribution in [2.75, 3.05) is 13.2 Å². The van der Waals surface area contributed by atoms with Crippen molar-refractivity contribution in [2.45, 2.75) is 70.5 Å². The van der Waals surface area contributed by atoms with Crippen LogP contribution in [0.5, 0.6) is 5.75 Å². The molecule has 4 nitrogen and oxygen atoms in total. The van der Waals surface area contributed by atoms with E-state index in [1.54, 1.807) is 5.56 Å². The first kappa shape index (κ1) is 22.6. The molecule has 176 valence electrons. The average molecular weight is 449 g/mol. The average Bonchev–Trinajstić information content (AvgIpc) is 3.19. The molecule has 5 rings (SSSR count). The van der Waals surface area contributed by atoms with Crippen molar-refractivity contribution < 1.29 is 19.4 Å². The molecule has 2 aromatic carbocycles. The number of aryl methyl sites for hydroxylation is 1. The van der Waals surface area contributed by atoms with Gasteiger partial charge in [0, 0.05) is 18.8 Å². The molecular formula is C29H36O4. The van der Waals surface area contributed by atoms with Gasteiger partial charge in [0.15, 0.2) is 0 Å². The monoisotopic (exact) mass is 448 g/mol. The lowest BCUT2D eigenvalue weighted by molar-refractivity contribution is -0.0661. The third-order valence-electron chi connectivity index (χ3n) is 8.75. The van der Waals surface area contributed by atoms with Crippen LogP contribution in [-0.2, 0) is 17.8 Å². The molecule has 0 radical (unpaired) electrons. The first-order valence-electron chi connectivity index (χ1n) is 12.6. The molecule has 5 atom stereocenters. The summed E-state index contributed by atoms with van der Waals surface area (Å²) in [6, 6.07) is 14.3. The Balaban J connectivity index is 1.26. The van der Waals surface area contributed by atoms with E-state index in [0.717, 1.165) is 42.3 Å². The molecule has 0 aliphatic heterocycles. The summed E-state index contributed by atoms with van der Waals surface area (Å²) < 4.78 is 12.4. The number of aliphatic hydroxyl groups is 1. The maximum atomic E-state index is 10.8. The number of hydrogen-bond donors (Lipinski definition) is 1. The summed E-state index contributed by atoms with van der Waals surface area (Å²) in [5.41, 5.74) is 5.05. The van der Waals surface area contributed by atoms with Gasteiger partial charge in [-0.2, -0.15) is 0 Å². The molecule has 2 fully saturated rings. The minimum atomic E-state index is 0.215. The van der Waals surface area contributed by atoms with E-state index < -0.39 is 0 Å². The minimum Gasteiger partial charge on any atom is -0.489 e. The molecular weight excluding hydrogens is 412 g/mol. The van der Waals surface area contributed by atoms with E-state index in [1.165, 1.54) is 37.7 Å². The standard InChI is InChI=1S/C29H36O4/c1-29-14-13-25-24-10-8-23(33-19-21-5-3-20(18-31)4-6-21)17-22(24)7-9-26(25)27(29)11-12-28(29)32-16-2-15-30/h3-6,8,10,17-18,25-28,30H,2,7,9,11-16,19H2,1H3. The minimum absolute atomic E-state index is 0.215. The first-order valence-corrected chi connectivity index (χ1v) is 12.6. The van der Waals surface area contributed by atoms with Crippen LogP contribution in [0.2, 0.25) is 0 Å². The Labute approximate surface area is 197 Å². The second-order valence-electron chi connectivity index (χ2n) is 10.5. The van der Waals surface area contributed by atoms with Crippen molar-refractivity contribution in [2.24, 2.45) is 17.3 Å². The summed E-state index contributed by atoms with van der Waals surface area (Å²) in [7, 11) is 0. The van der Waals surface area contributed by atoms with Crippen molar-refractivity contribution in [1.82, 2.24) is 0 Å². The zero-order valence-corrected chi connectivity index (χ0v) is 19.7. The van der Waals surface area contributed by atoms with Crippen LogP contribution in [0.15, 0.2) is 42.5 Å². The highest BCUT2D eigenvalue weighted by atomic mass is 16.5. The van der Waals surface area contributed by atoms with Crippen LogP contribution in [0, 0.1) is 17.3 Å². The SMILES string of the molecule is CC12CCC3c4ccc(OCc5ccc(C=O)cc5)cc4CCC3C1CCC2OCCCO. The van der Waals surface area contributed by atoms with E-state index in [2.05, 4.69) is 25.1 Å². The number of rotatable bonds is 8. The summed E-state index contributed by atoms with van der Waals surface area (Å²) in [5, 5.41) is 9.11. The van der Waals surface area contributed by atoms with Gasteiger partial charge in [0.2, 0.25) is 0 Å². The van der Waals surface area contributed by atoms with Crippen LogP contribution < -0.4 is 4.74 Å². The van der Waals surface area contributed by atoms with Crippen LogP contribution in [0.3, 0.4) is 0 Å². The predicted molar refractivity (Wildman–Crippen MR) is 129 cm³/mol. The second-order valence-corrected chi connectivity index (χ2v) is 10.5. The lowest BCUT2D eigenvalue weighted by atomic mass is 9.55. The normalized spacial score (nSPS) is 30.2. The smallest absolute Gasteiger partial charge is 0.150 e. The maximum Gasteiger partial charge on any atom is 0.150 e. The fourth-order valence-corrected chi connectivity index (χ4v) is 7.02. The number of ether oxygens (including phenoxy) is 2. The van der Waals surface area contributed by atoms with E-state index in [-0.39, 0.29) is 12.0 Å². The quantitative estimate of drug-likeness (QED) is 0.416. The van der Waals surface area contributed by atoms with Crippen molar-refractivity contribution in [3.8, 4) is 5.75 Å². The number of carbonyl (C=O) groups is 1. The summed E-state index contributed by atoms with van der Waals surface area (Å²) in [4.78, 5) is 10.8. The summed E-state index contributed by atoms with van der Waals surface area (Å²) >= 11 is 0. The third-order valence-corrected chi connectivity index (χ3v) is 8.75. The molecule has 33 heavy (non-hydrogen) atoms. The van der Waals surface area contributed by atoms with Gasteiger partial charge in [0.05, 0.1) is 6.10 Å². The van der Waals surface area contributed by atoms with Crippen LogP contribution >= 0.6 is 0 Å². The van der Waals surface area contributed by atoms with Crippen LogP contribution in [0.4, 0.5) is 0 Å². The van der Waals surface area contributed by atoms with Crippen LogP contribution in [0.1, 0.15) is 78.4 Å².